The lowest BCUT2D eigenvalue weighted by Gasteiger charge is -2.13. The number of nitrogens with zero attached hydrogens (tertiary/aromatic N) is 2. The Hall–Kier alpha value is -1.58. The summed E-state index contributed by atoms with van der Waals surface area (Å²) >= 11 is 5.07. The number of aromatic nitrogens is 2. The first-order valence-corrected chi connectivity index (χ1v) is 6.80. The molecule has 21 heavy (non-hydrogen) atoms. The van der Waals surface area contributed by atoms with Gasteiger partial charge in [0.15, 0.2) is 6.23 Å². The van der Waals surface area contributed by atoms with Crippen LogP contribution in [0.25, 0.3) is 11.5 Å². The number of benzene rings is 1. The van der Waals surface area contributed by atoms with E-state index in [0.717, 1.165) is 5.56 Å². The second-order valence-electron chi connectivity index (χ2n) is 4.71. The zero-order chi connectivity index (χ0) is 15.0. The molecule has 3 rings (SSSR count). The largest absolute Gasteiger partial charge is 0.409 e. The van der Waals surface area contributed by atoms with Crippen LogP contribution in [0.3, 0.4) is 0 Å². The van der Waals surface area contributed by atoms with E-state index in [1.807, 2.05) is 30.3 Å². The maximum absolute atomic E-state index is 9.98. The van der Waals surface area contributed by atoms with Gasteiger partial charge in [-0.05, 0) is 24.4 Å². The summed E-state index contributed by atoms with van der Waals surface area (Å²) in [5, 5.41) is 33.0. The molecule has 1 aliphatic heterocycles. The van der Waals surface area contributed by atoms with Gasteiger partial charge in [-0.15, -0.1) is 5.10 Å². The molecule has 1 aromatic heterocycles. The molecule has 0 radical (unpaired) electrons. The van der Waals surface area contributed by atoms with Gasteiger partial charge >= 0.3 is 0 Å². The molecule has 8 heteroatoms. The number of aliphatic hydroxyl groups is 3. The monoisotopic (exact) mass is 310 g/mol. The van der Waals surface area contributed by atoms with Gasteiger partial charge in [0, 0.05) is 5.56 Å². The van der Waals surface area contributed by atoms with E-state index in [-0.39, 0.29) is 4.84 Å². The molecule has 0 saturated carbocycles. The quantitative estimate of drug-likeness (QED) is 0.709. The van der Waals surface area contributed by atoms with E-state index in [4.69, 9.17) is 26.5 Å². The fourth-order valence-corrected chi connectivity index (χ4v) is 2.45. The van der Waals surface area contributed by atoms with Crippen molar-refractivity contribution in [2.75, 3.05) is 6.61 Å². The molecule has 1 aromatic carbocycles. The maximum Gasteiger partial charge on any atom is 0.289 e. The minimum absolute atomic E-state index is 0.0173. The van der Waals surface area contributed by atoms with Gasteiger partial charge in [0.25, 0.3) is 4.84 Å². The van der Waals surface area contributed by atoms with Crippen LogP contribution in [0.2, 0.25) is 0 Å². The molecular formula is C13H14N2O5S. The lowest BCUT2D eigenvalue weighted by atomic mass is 10.1. The number of rotatable bonds is 3. The molecule has 0 spiro atoms. The highest BCUT2D eigenvalue weighted by molar-refractivity contribution is 7.71. The smallest absolute Gasteiger partial charge is 0.289 e. The average molecular weight is 310 g/mol. The molecule has 0 bridgehead atoms. The van der Waals surface area contributed by atoms with Gasteiger partial charge in [0.05, 0.1) is 6.61 Å². The van der Waals surface area contributed by atoms with Crippen molar-refractivity contribution in [1.82, 2.24) is 9.78 Å². The van der Waals surface area contributed by atoms with E-state index in [1.165, 1.54) is 4.68 Å². The van der Waals surface area contributed by atoms with Crippen LogP contribution in [0.15, 0.2) is 34.7 Å². The Labute approximate surface area is 125 Å². The highest BCUT2D eigenvalue weighted by Gasteiger charge is 2.44. The Bertz CT molecular complexity index is 671. The molecule has 1 saturated heterocycles. The van der Waals surface area contributed by atoms with Gasteiger partial charge in [-0.2, -0.15) is 4.68 Å². The summed E-state index contributed by atoms with van der Waals surface area (Å²) in [7, 11) is 0. The van der Waals surface area contributed by atoms with Gasteiger partial charge in [-0.3, -0.25) is 0 Å². The Morgan fingerprint density at radius 3 is 2.52 bits per heavy atom. The topological polar surface area (TPSA) is 101 Å². The third-order valence-electron chi connectivity index (χ3n) is 3.35. The van der Waals surface area contributed by atoms with E-state index >= 15 is 0 Å². The van der Waals surface area contributed by atoms with Crippen molar-refractivity contribution in [3.63, 3.8) is 0 Å². The molecule has 0 amide bonds. The molecule has 3 N–H and O–H groups in total. The maximum atomic E-state index is 9.98. The highest BCUT2D eigenvalue weighted by Crippen LogP contribution is 2.30. The zero-order valence-corrected chi connectivity index (χ0v) is 11.7. The Morgan fingerprint density at radius 2 is 1.90 bits per heavy atom. The SMILES string of the molecule is OC[C@H]1O[C@@H](n2nc(-c3ccccc3)oc2=S)[C@@H](O)[C@@H]1O. The summed E-state index contributed by atoms with van der Waals surface area (Å²) in [5.41, 5.74) is 0.731. The Kier molecular flexibility index (Phi) is 3.87. The van der Waals surface area contributed by atoms with Crippen LogP contribution in [0.1, 0.15) is 6.23 Å². The normalized spacial score (nSPS) is 28.9. The number of aliphatic hydroxyl groups excluding tert-OH is 3. The second-order valence-corrected chi connectivity index (χ2v) is 5.06. The van der Waals surface area contributed by atoms with Crippen LogP contribution in [0.5, 0.6) is 0 Å². The number of hydrogen-bond donors (Lipinski definition) is 3. The third-order valence-corrected chi connectivity index (χ3v) is 3.62. The second kappa shape index (κ2) is 5.66. The van der Waals surface area contributed by atoms with E-state index < -0.39 is 31.1 Å². The number of ether oxygens (including phenoxy) is 1. The van der Waals surface area contributed by atoms with Crippen molar-refractivity contribution >= 4 is 12.2 Å². The van der Waals surface area contributed by atoms with Crippen molar-refractivity contribution < 1.29 is 24.5 Å². The molecule has 2 aromatic rings. The highest BCUT2D eigenvalue weighted by atomic mass is 32.1. The predicted octanol–water partition coefficient (Wildman–Crippen LogP) is 0.484. The fourth-order valence-electron chi connectivity index (χ4n) is 2.23. The molecule has 7 nitrogen and oxygen atoms in total. The minimum Gasteiger partial charge on any atom is -0.409 e. The van der Waals surface area contributed by atoms with Crippen molar-refractivity contribution in [2.24, 2.45) is 0 Å². The lowest BCUT2D eigenvalue weighted by Crippen LogP contribution is -2.33. The average Bonchev–Trinajstić information content (AvgIpc) is 3.02. The van der Waals surface area contributed by atoms with Crippen LogP contribution >= 0.6 is 12.2 Å². The predicted molar refractivity (Wildman–Crippen MR) is 73.8 cm³/mol. The van der Waals surface area contributed by atoms with Crippen molar-refractivity contribution in [1.29, 1.82) is 0 Å². The third kappa shape index (κ3) is 2.52. The van der Waals surface area contributed by atoms with Gasteiger partial charge in [0.2, 0.25) is 5.89 Å². The minimum atomic E-state index is -1.25. The Balaban J connectivity index is 1.94. The zero-order valence-electron chi connectivity index (χ0n) is 10.9. The molecule has 2 heterocycles. The van der Waals surface area contributed by atoms with Crippen LogP contribution in [-0.4, -0.2) is 50.0 Å². The lowest BCUT2D eigenvalue weighted by molar-refractivity contribution is -0.0602. The van der Waals surface area contributed by atoms with Crippen LogP contribution in [0, 0.1) is 4.84 Å². The molecule has 1 aliphatic rings. The molecule has 4 atom stereocenters. The van der Waals surface area contributed by atoms with Crippen LogP contribution in [0.4, 0.5) is 0 Å². The van der Waals surface area contributed by atoms with Crippen LogP contribution < -0.4 is 0 Å². The standard InChI is InChI=1S/C13H14N2O5S/c16-6-8-9(17)10(18)12(19-8)15-13(21)20-11(14-15)7-4-2-1-3-5-7/h1-5,8-10,12,16-18H,6H2/t8-,9-,10+,12-/m1/s1. The summed E-state index contributed by atoms with van der Waals surface area (Å²) in [6, 6.07) is 9.14. The van der Waals surface area contributed by atoms with Gasteiger partial charge in [0.1, 0.15) is 18.3 Å². The summed E-state index contributed by atoms with van der Waals surface area (Å²) in [5.74, 6) is 0.290. The first-order chi connectivity index (χ1) is 10.1. The Morgan fingerprint density at radius 1 is 1.19 bits per heavy atom. The van der Waals surface area contributed by atoms with Crippen LogP contribution in [-0.2, 0) is 4.74 Å². The molecular weight excluding hydrogens is 296 g/mol. The molecule has 1 fully saturated rings. The molecule has 0 unspecified atom stereocenters. The fraction of sp³-hybridized carbons (Fsp3) is 0.385. The van der Waals surface area contributed by atoms with Gasteiger partial charge in [-0.1, -0.05) is 18.2 Å². The van der Waals surface area contributed by atoms with Gasteiger partial charge in [-0.25, -0.2) is 0 Å². The summed E-state index contributed by atoms with van der Waals surface area (Å²) in [6.07, 6.45) is -4.34. The van der Waals surface area contributed by atoms with Crippen molar-refractivity contribution in [3.8, 4) is 11.5 Å². The van der Waals surface area contributed by atoms with E-state index in [9.17, 15) is 10.2 Å². The number of hydrogen-bond acceptors (Lipinski definition) is 7. The van der Waals surface area contributed by atoms with Crippen molar-refractivity contribution in [3.05, 3.63) is 35.2 Å². The molecule has 0 aliphatic carbocycles. The first kappa shape index (κ1) is 14.4. The first-order valence-electron chi connectivity index (χ1n) is 6.39. The van der Waals surface area contributed by atoms with Gasteiger partial charge < -0.3 is 24.5 Å². The summed E-state index contributed by atoms with van der Waals surface area (Å²) in [6.45, 7) is -0.411. The summed E-state index contributed by atoms with van der Waals surface area (Å²) < 4.78 is 12.0. The molecule has 112 valence electrons. The van der Waals surface area contributed by atoms with Crippen molar-refractivity contribution in [2.45, 2.75) is 24.5 Å². The van der Waals surface area contributed by atoms with E-state index in [2.05, 4.69) is 5.10 Å². The van der Waals surface area contributed by atoms with E-state index in [0.29, 0.717) is 5.89 Å². The van der Waals surface area contributed by atoms with E-state index in [1.54, 1.807) is 0 Å². The summed E-state index contributed by atoms with van der Waals surface area (Å²) in [4.78, 5) is 0.0173.